The maximum absolute atomic E-state index is 5.81. The lowest BCUT2D eigenvalue weighted by molar-refractivity contribution is 0.152. The molecule has 0 bridgehead atoms. The van der Waals surface area contributed by atoms with Crippen molar-refractivity contribution in [1.29, 1.82) is 0 Å². The van der Waals surface area contributed by atoms with Crippen LogP contribution in [0.5, 0.6) is 5.75 Å². The van der Waals surface area contributed by atoms with Gasteiger partial charge < -0.3 is 15.0 Å². The molecule has 1 N–H and O–H groups in total. The van der Waals surface area contributed by atoms with Gasteiger partial charge in [0.2, 0.25) is 0 Å². The summed E-state index contributed by atoms with van der Waals surface area (Å²) in [6.45, 7) is 8.58. The number of rotatable bonds is 7. The highest BCUT2D eigenvalue weighted by molar-refractivity contribution is 5.80. The number of aromatic nitrogens is 1. The lowest BCUT2D eigenvalue weighted by Gasteiger charge is -2.36. The molecule has 0 radical (unpaired) electrons. The molecule has 1 aromatic heterocycles. The number of benzene rings is 1. The van der Waals surface area contributed by atoms with E-state index in [0.29, 0.717) is 0 Å². The topological polar surface area (TPSA) is 53.0 Å². The van der Waals surface area contributed by atoms with Crippen LogP contribution in [0.2, 0.25) is 0 Å². The molecule has 0 amide bonds. The first-order valence-corrected chi connectivity index (χ1v) is 10.0. The minimum Gasteiger partial charge on any atom is -0.492 e. The van der Waals surface area contributed by atoms with Crippen LogP contribution in [-0.2, 0) is 6.42 Å². The Kier molecular flexibility index (Phi) is 7.67. The summed E-state index contributed by atoms with van der Waals surface area (Å²) in [4.78, 5) is 13.6. The van der Waals surface area contributed by atoms with Gasteiger partial charge in [0, 0.05) is 58.2 Å². The second-order valence-corrected chi connectivity index (χ2v) is 7.02. The van der Waals surface area contributed by atoms with Gasteiger partial charge in [0.05, 0.1) is 0 Å². The third-order valence-electron chi connectivity index (χ3n) is 4.97. The fourth-order valence-electron chi connectivity index (χ4n) is 3.29. The Morgan fingerprint density at radius 2 is 1.89 bits per heavy atom. The molecule has 1 aliphatic heterocycles. The summed E-state index contributed by atoms with van der Waals surface area (Å²) < 4.78 is 5.81. The standard InChI is InChI=1S/C22H31N5O/c1-19-8-9-20(18-25-19)10-11-24-22(23-2)27-14-12-26(13-15-27)16-17-28-21-6-4-3-5-7-21/h3-9,18H,10-17H2,1-2H3,(H,23,24). The van der Waals surface area contributed by atoms with Gasteiger partial charge >= 0.3 is 0 Å². The number of aliphatic imine (C=N–C) groups is 1. The van der Waals surface area contributed by atoms with Crippen molar-refractivity contribution in [2.45, 2.75) is 13.3 Å². The zero-order valence-corrected chi connectivity index (χ0v) is 17.0. The summed E-state index contributed by atoms with van der Waals surface area (Å²) in [5.41, 5.74) is 2.30. The largest absolute Gasteiger partial charge is 0.492 e. The first-order valence-electron chi connectivity index (χ1n) is 10.0. The molecule has 2 aromatic rings. The molecular formula is C22H31N5O. The molecule has 0 saturated carbocycles. The van der Waals surface area contributed by atoms with Gasteiger partial charge in [-0.1, -0.05) is 24.3 Å². The zero-order chi connectivity index (χ0) is 19.6. The van der Waals surface area contributed by atoms with E-state index in [1.165, 1.54) is 5.56 Å². The Hall–Kier alpha value is -2.60. The van der Waals surface area contributed by atoms with E-state index in [4.69, 9.17) is 4.74 Å². The van der Waals surface area contributed by atoms with Gasteiger partial charge in [0.1, 0.15) is 12.4 Å². The van der Waals surface area contributed by atoms with Crippen LogP contribution in [0, 0.1) is 6.92 Å². The fourth-order valence-corrected chi connectivity index (χ4v) is 3.29. The molecule has 1 fully saturated rings. The molecule has 1 aliphatic rings. The van der Waals surface area contributed by atoms with Crippen LogP contribution in [0.1, 0.15) is 11.3 Å². The summed E-state index contributed by atoms with van der Waals surface area (Å²) in [6.07, 6.45) is 2.90. The highest BCUT2D eigenvalue weighted by Gasteiger charge is 2.19. The van der Waals surface area contributed by atoms with Crippen molar-refractivity contribution in [3.63, 3.8) is 0 Å². The normalized spacial score (nSPS) is 15.5. The van der Waals surface area contributed by atoms with E-state index in [0.717, 1.165) is 69.7 Å². The number of aryl methyl sites for hydroxylation is 1. The van der Waals surface area contributed by atoms with Crippen LogP contribution in [0.3, 0.4) is 0 Å². The van der Waals surface area contributed by atoms with Crippen LogP contribution in [0.15, 0.2) is 53.7 Å². The van der Waals surface area contributed by atoms with Gasteiger partial charge in [0.15, 0.2) is 5.96 Å². The van der Waals surface area contributed by atoms with E-state index in [-0.39, 0.29) is 0 Å². The second kappa shape index (κ2) is 10.7. The number of hydrogen-bond acceptors (Lipinski definition) is 4. The van der Waals surface area contributed by atoms with E-state index in [9.17, 15) is 0 Å². The number of pyridine rings is 1. The molecule has 0 spiro atoms. The zero-order valence-electron chi connectivity index (χ0n) is 17.0. The molecule has 6 heteroatoms. The molecule has 2 heterocycles. The van der Waals surface area contributed by atoms with Crippen molar-refractivity contribution in [3.05, 3.63) is 59.9 Å². The van der Waals surface area contributed by atoms with E-state index in [2.05, 4.69) is 37.2 Å². The average molecular weight is 382 g/mol. The molecule has 3 rings (SSSR count). The summed E-state index contributed by atoms with van der Waals surface area (Å²) >= 11 is 0. The van der Waals surface area contributed by atoms with Crippen LogP contribution in [-0.4, -0.2) is 73.7 Å². The highest BCUT2D eigenvalue weighted by atomic mass is 16.5. The molecule has 1 aromatic carbocycles. The lowest BCUT2D eigenvalue weighted by Crippen LogP contribution is -2.53. The maximum Gasteiger partial charge on any atom is 0.193 e. The molecule has 0 atom stereocenters. The Morgan fingerprint density at radius 3 is 2.57 bits per heavy atom. The smallest absolute Gasteiger partial charge is 0.193 e. The van der Waals surface area contributed by atoms with Crippen molar-refractivity contribution in [2.24, 2.45) is 4.99 Å². The number of guanidine groups is 1. The Balaban J connectivity index is 1.35. The van der Waals surface area contributed by atoms with Crippen LogP contribution >= 0.6 is 0 Å². The van der Waals surface area contributed by atoms with Crippen molar-refractivity contribution in [2.75, 3.05) is 52.9 Å². The summed E-state index contributed by atoms with van der Waals surface area (Å²) in [6, 6.07) is 14.2. The Bertz CT molecular complexity index is 724. The monoisotopic (exact) mass is 381 g/mol. The van der Waals surface area contributed by atoms with E-state index >= 15 is 0 Å². The molecule has 0 aliphatic carbocycles. The summed E-state index contributed by atoms with van der Waals surface area (Å²) in [5, 5.41) is 3.49. The SMILES string of the molecule is CN=C(NCCc1ccc(C)nc1)N1CCN(CCOc2ccccc2)CC1. The number of nitrogens with one attached hydrogen (secondary N) is 1. The molecule has 6 nitrogen and oxygen atoms in total. The minimum atomic E-state index is 0.724. The Morgan fingerprint density at radius 1 is 1.11 bits per heavy atom. The van der Waals surface area contributed by atoms with E-state index in [1.54, 1.807) is 0 Å². The van der Waals surface area contributed by atoms with Gasteiger partial charge in [0.25, 0.3) is 0 Å². The van der Waals surface area contributed by atoms with Crippen molar-refractivity contribution >= 4 is 5.96 Å². The van der Waals surface area contributed by atoms with Gasteiger partial charge in [-0.15, -0.1) is 0 Å². The van der Waals surface area contributed by atoms with Crippen molar-refractivity contribution in [1.82, 2.24) is 20.1 Å². The number of ether oxygens (including phenoxy) is 1. The molecule has 28 heavy (non-hydrogen) atoms. The summed E-state index contributed by atoms with van der Waals surface area (Å²) in [7, 11) is 1.86. The molecule has 1 saturated heterocycles. The maximum atomic E-state index is 5.81. The van der Waals surface area contributed by atoms with Gasteiger partial charge in [-0.2, -0.15) is 0 Å². The minimum absolute atomic E-state index is 0.724. The number of nitrogens with zero attached hydrogens (tertiary/aromatic N) is 4. The van der Waals surface area contributed by atoms with Gasteiger partial charge in [-0.25, -0.2) is 0 Å². The van der Waals surface area contributed by atoms with E-state index < -0.39 is 0 Å². The molecular weight excluding hydrogens is 350 g/mol. The lowest BCUT2D eigenvalue weighted by atomic mass is 10.2. The first kappa shape index (κ1) is 20.1. The number of para-hydroxylation sites is 1. The van der Waals surface area contributed by atoms with Gasteiger partial charge in [-0.3, -0.25) is 14.9 Å². The van der Waals surface area contributed by atoms with Crippen LogP contribution in [0.25, 0.3) is 0 Å². The quantitative estimate of drug-likeness (QED) is 0.589. The van der Waals surface area contributed by atoms with Crippen LogP contribution in [0.4, 0.5) is 0 Å². The highest BCUT2D eigenvalue weighted by Crippen LogP contribution is 2.09. The van der Waals surface area contributed by atoms with Gasteiger partial charge in [-0.05, 0) is 37.1 Å². The third-order valence-corrected chi connectivity index (χ3v) is 4.97. The van der Waals surface area contributed by atoms with Crippen molar-refractivity contribution in [3.8, 4) is 5.75 Å². The Labute approximate surface area is 168 Å². The summed E-state index contributed by atoms with van der Waals surface area (Å²) in [5.74, 6) is 1.93. The average Bonchev–Trinajstić information content (AvgIpc) is 2.74. The second-order valence-electron chi connectivity index (χ2n) is 7.02. The van der Waals surface area contributed by atoms with Crippen molar-refractivity contribution < 1.29 is 4.74 Å². The number of hydrogen-bond donors (Lipinski definition) is 1. The predicted molar refractivity (Wildman–Crippen MR) is 114 cm³/mol. The molecule has 150 valence electrons. The predicted octanol–water partition coefficient (Wildman–Crippen LogP) is 2.20. The fraction of sp³-hybridized carbons (Fsp3) is 0.455. The molecule has 0 unspecified atom stereocenters. The van der Waals surface area contributed by atoms with E-state index in [1.807, 2.05) is 50.5 Å². The first-order chi connectivity index (χ1) is 13.7. The van der Waals surface area contributed by atoms with Crippen LogP contribution < -0.4 is 10.1 Å². The third kappa shape index (κ3) is 6.23. The number of piperazine rings is 1.